The van der Waals surface area contributed by atoms with E-state index in [4.69, 9.17) is 0 Å². The number of amides is 2. The molecule has 2 amide bonds. The largest absolute Gasteiger partial charge is 0.346 e. The number of rotatable bonds is 6. The predicted molar refractivity (Wildman–Crippen MR) is 114 cm³/mol. The zero-order valence-corrected chi connectivity index (χ0v) is 17.2. The molecular weight excluding hydrogens is 364 g/mol. The summed E-state index contributed by atoms with van der Waals surface area (Å²) >= 11 is 0. The monoisotopic (exact) mass is 394 g/mol. The quantitative estimate of drug-likeness (QED) is 0.733. The van der Waals surface area contributed by atoms with Gasteiger partial charge in [0.05, 0.1) is 6.04 Å². The molecule has 2 N–H and O–H groups in total. The molecule has 1 aliphatic heterocycles. The van der Waals surface area contributed by atoms with Crippen molar-refractivity contribution in [1.82, 2.24) is 20.4 Å². The number of hydrogen-bond acceptors (Lipinski definition) is 4. The molecule has 0 aliphatic carbocycles. The van der Waals surface area contributed by atoms with E-state index in [1.165, 1.54) is 5.56 Å². The highest BCUT2D eigenvalue weighted by atomic mass is 16.2. The van der Waals surface area contributed by atoms with Gasteiger partial charge >= 0.3 is 11.8 Å². The van der Waals surface area contributed by atoms with Crippen molar-refractivity contribution >= 4 is 11.8 Å². The van der Waals surface area contributed by atoms with Crippen LogP contribution in [-0.2, 0) is 16.1 Å². The van der Waals surface area contributed by atoms with Crippen LogP contribution in [0.15, 0.2) is 54.6 Å². The summed E-state index contributed by atoms with van der Waals surface area (Å²) in [5.41, 5.74) is 3.32. The van der Waals surface area contributed by atoms with Crippen LogP contribution < -0.4 is 10.6 Å². The lowest BCUT2D eigenvalue weighted by Gasteiger charge is -2.38. The van der Waals surface area contributed by atoms with Crippen LogP contribution in [0.5, 0.6) is 0 Å². The summed E-state index contributed by atoms with van der Waals surface area (Å²) in [6.45, 7) is 6.67. The first kappa shape index (κ1) is 21.0. The maximum atomic E-state index is 12.3. The lowest BCUT2D eigenvalue weighted by molar-refractivity contribution is -0.139. The van der Waals surface area contributed by atoms with E-state index in [0.29, 0.717) is 13.1 Å². The van der Waals surface area contributed by atoms with Crippen molar-refractivity contribution in [2.24, 2.45) is 0 Å². The van der Waals surface area contributed by atoms with Gasteiger partial charge in [0.1, 0.15) is 0 Å². The lowest BCUT2D eigenvalue weighted by Crippen LogP contribution is -2.49. The molecule has 1 fully saturated rings. The third kappa shape index (κ3) is 6.14. The van der Waals surface area contributed by atoms with Gasteiger partial charge in [-0.15, -0.1) is 0 Å². The number of piperazine rings is 1. The van der Waals surface area contributed by atoms with Crippen LogP contribution in [0.2, 0.25) is 0 Å². The molecule has 2 aromatic carbocycles. The first-order chi connectivity index (χ1) is 14.0. The van der Waals surface area contributed by atoms with Crippen molar-refractivity contribution in [2.75, 3.05) is 39.8 Å². The van der Waals surface area contributed by atoms with Gasteiger partial charge in [-0.3, -0.25) is 14.5 Å². The highest BCUT2D eigenvalue weighted by molar-refractivity contribution is 6.35. The van der Waals surface area contributed by atoms with E-state index in [1.807, 2.05) is 30.3 Å². The van der Waals surface area contributed by atoms with Gasteiger partial charge in [-0.25, -0.2) is 0 Å². The Balaban J connectivity index is 1.59. The maximum absolute atomic E-state index is 12.3. The van der Waals surface area contributed by atoms with E-state index in [0.717, 1.165) is 37.3 Å². The van der Waals surface area contributed by atoms with Crippen LogP contribution in [0.3, 0.4) is 0 Å². The van der Waals surface area contributed by atoms with Gasteiger partial charge in [-0.05, 0) is 25.1 Å². The van der Waals surface area contributed by atoms with Crippen LogP contribution in [0.1, 0.15) is 22.7 Å². The van der Waals surface area contributed by atoms with E-state index < -0.39 is 11.8 Å². The fraction of sp³-hybridized carbons (Fsp3) is 0.391. The van der Waals surface area contributed by atoms with Gasteiger partial charge in [0.15, 0.2) is 0 Å². The molecule has 1 heterocycles. The van der Waals surface area contributed by atoms with Crippen molar-refractivity contribution < 1.29 is 9.59 Å². The van der Waals surface area contributed by atoms with E-state index >= 15 is 0 Å². The average molecular weight is 395 g/mol. The molecule has 1 saturated heterocycles. The normalized spacial score (nSPS) is 16.2. The molecule has 0 radical (unpaired) electrons. The van der Waals surface area contributed by atoms with Crippen molar-refractivity contribution in [3.8, 4) is 0 Å². The van der Waals surface area contributed by atoms with Gasteiger partial charge in [0.2, 0.25) is 0 Å². The van der Waals surface area contributed by atoms with Crippen LogP contribution in [0.4, 0.5) is 0 Å². The second kappa shape index (κ2) is 10.2. The molecule has 1 aliphatic rings. The van der Waals surface area contributed by atoms with Crippen LogP contribution in [0, 0.1) is 6.92 Å². The molecule has 29 heavy (non-hydrogen) atoms. The van der Waals surface area contributed by atoms with Gasteiger partial charge in [0.25, 0.3) is 0 Å². The summed E-state index contributed by atoms with van der Waals surface area (Å²) in [6, 6.07) is 18.0. The third-order valence-electron chi connectivity index (χ3n) is 5.40. The lowest BCUT2D eigenvalue weighted by atomic mass is 10.0. The summed E-state index contributed by atoms with van der Waals surface area (Å²) in [5, 5.41) is 5.52. The van der Waals surface area contributed by atoms with Gasteiger partial charge < -0.3 is 15.5 Å². The maximum Gasteiger partial charge on any atom is 0.309 e. The number of aryl methyl sites for hydroxylation is 1. The number of nitrogens with zero attached hydrogens (tertiary/aromatic N) is 2. The zero-order valence-electron chi connectivity index (χ0n) is 17.2. The van der Waals surface area contributed by atoms with E-state index in [2.05, 4.69) is 58.7 Å². The fourth-order valence-electron chi connectivity index (χ4n) is 3.51. The Labute approximate surface area is 172 Å². The molecule has 2 aromatic rings. The Kier molecular flexibility index (Phi) is 7.38. The first-order valence-electron chi connectivity index (χ1n) is 10.1. The van der Waals surface area contributed by atoms with Crippen LogP contribution >= 0.6 is 0 Å². The molecule has 0 unspecified atom stereocenters. The Hall–Kier alpha value is -2.70. The van der Waals surface area contributed by atoms with E-state index in [-0.39, 0.29) is 6.04 Å². The zero-order chi connectivity index (χ0) is 20.6. The van der Waals surface area contributed by atoms with Crippen molar-refractivity contribution in [2.45, 2.75) is 19.5 Å². The third-order valence-corrected chi connectivity index (χ3v) is 5.40. The summed E-state index contributed by atoms with van der Waals surface area (Å²) in [4.78, 5) is 29.2. The predicted octanol–water partition coefficient (Wildman–Crippen LogP) is 1.72. The smallest absolute Gasteiger partial charge is 0.309 e. The number of likely N-dealkylation sites (N-methyl/N-ethyl adjacent to an activating group) is 1. The number of nitrogens with one attached hydrogen (secondary N) is 2. The minimum atomic E-state index is -0.602. The van der Waals surface area contributed by atoms with E-state index in [1.54, 1.807) is 0 Å². The average Bonchev–Trinajstić information content (AvgIpc) is 2.75. The molecule has 0 spiro atoms. The molecule has 1 atom stereocenters. The summed E-state index contributed by atoms with van der Waals surface area (Å²) < 4.78 is 0. The minimum absolute atomic E-state index is 0.0511. The SMILES string of the molecule is Cc1ccc([C@@H](CNC(=O)C(=O)NCc2ccccc2)N2CCN(C)CC2)cc1. The Bertz CT molecular complexity index is 799. The number of hydrogen-bond donors (Lipinski definition) is 2. The van der Waals surface area contributed by atoms with Crippen molar-refractivity contribution in [1.29, 1.82) is 0 Å². The first-order valence-corrected chi connectivity index (χ1v) is 10.1. The summed E-state index contributed by atoms with van der Waals surface area (Å²) in [7, 11) is 2.12. The van der Waals surface area contributed by atoms with Crippen LogP contribution in [-0.4, -0.2) is 61.4 Å². The molecule has 0 saturated carbocycles. The summed E-state index contributed by atoms with van der Waals surface area (Å²) in [6.07, 6.45) is 0. The Morgan fingerprint density at radius 1 is 0.897 bits per heavy atom. The van der Waals surface area contributed by atoms with Crippen molar-refractivity contribution in [3.63, 3.8) is 0 Å². The van der Waals surface area contributed by atoms with Gasteiger partial charge in [-0.2, -0.15) is 0 Å². The molecule has 3 rings (SSSR count). The molecule has 0 bridgehead atoms. The number of benzene rings is 2. The van der Waals surface area contributed by atoms with Gasteiger partial charge in [-0.1, -0.05) is 60.2 Å². The minimum Gasteiger partial charge on any atom is -0.346 e. The molecule has 6 nitrogen and oxygen atoms in total. The van der Waals surface area contributed by atoms with Gasteiger partial charge in [0, 0.05) is 39.3 Å². The number of carbonyl (C=O) groups excluding carboxylic acids is 2. The van der Waals surface area contributed by atoms with E-state index in [9.17, 15) is 9.59 Å². The molecular formula is C23H30N4O2. The fourth-order valence-corrected chi connectivity index (χ4v) is 3.51. The topological polar surface area (TPSA) is 64.7 Å². The molecule has 0 aromatic heterocycles. The number of carbonyl (C=O) groups is 2. The van der Waals surface area contributed by atoms with Crippen molar-refractivity contribution in [3.05, 3.63) is 71.3 Å². The highest BCUT2D eigenvalue weighted by Crippen LogP contribution is 2.22. The Morgan fingerprint density at radius 3 is 2.17 bits per heavy atom. The van der Waals surface area contributed by atoms with Crippen LogP contribution in [0.25, 0.3) is 0 Å². The standard InChI is InChI=1S/C23H30N4O2/c1-18-8-10-20(11-9-18)21(27-14-12-26(2)13-15-27)17-25-23(29)22(28)24-16-19-6-4-3-5-7-19/h3-11,21H,12-17H2,1-2H3,(H,24,28)(H,25,29)/t21-/m1/s1. The second-order valence-corrected chi connectivity index (χ2v) is 7.64. The molecule has 6 heteroatoms. The summed E-state index contributed by atoms with van der Waals surface area (Å²) in [5.74, 6) is -1.19. The molecule has 154 valence electrons. The highest BCUT2D eigenvalue weighted by Gasteiger charge is 2.25. The Morgan fingerprint density at radius 2 is 1.52 bits per heavy atom. The second-order valence-electron chi connectivity index (χ2n) is 7.64.